The summed E-state index contributed by atoms with van der Waals surface area (Å²) in [5.41, 5.74) is 1.60. The summed E-state index contributed by atoms with van der Waals surface area (Å²) < 4.78 is 6.58. The molecule has 6 aliphatic rings. The molecule has 13 nitrogen and oxygen atoms in total. The third-order valence-corrected chi connectivity index (χ3v) is 11.1. The maximum atomic E-state index is 13.7. The van der Waals surface area contributed by atoms with Gasteiger partial charge in [0, 0.05) is 23.7 Å². The van der Waals surface area contributed by atoms with Crippen molar-refractivity contribution >= 4 is 29.8 Å². The average molecular weight is 663 g/mol. The predicted molar refractivity (Wildman–Crippen MR) is 167 cm³/mol. The van der Waals surface area contributed by atoms with Gasteiger partial charge in [-0.3, -0.25) is 19.4 Å². The van der Waals surface area contributed by atoms with Crippen LogP contribution in [0.3, 0.4) is 0 Å². The summed E-state index contributed by atoms with van der Waals surface area (Å²) in [5, 5.41) is 56.0. The smallest absolute Gasteiger partial charge is 0.335 e. The zero-order chi connectivity index (χ0) is 34.1. The fourth-order valence-electron chi connectivity index (χ4n) is 8.78. The first-order chi connectivity index (χ1) is 22.9. The number of rotatable bonds is 7. The van der Waals surface area contributed by atoms with Crippen LogP contribution in [0, 0.1) is 5.92 Å². The van der Waals surface area contributed by atoms with Gasteiger partial charge in [0.15, 0.2) is 23.7 Å². The number of nitrogens with zero attached hydrogens (tertiary/aromatic N) is 2. The molecule has 2 bridgehead atoms. The molecule has 2 saturated carbocycles. The van der Waals surface area contributed by atoms with E-state index in [0.717, 1.165) is 36.2 Å². The summed E-state index contributed by atoms with van der Waals surface area (Å²) in [7, 11) is 0. The number of aromatic hydroxyl groups is 1. The number of carboxylic acid groups (broad SMARTS) is 2. The van der Waals surface area contributed by atoms with Gasteiger partial charge in [-0.25, -0.2) is 9.59 Å². The van der Waals surface area contributed by atoms with E-state index in [1.165, 1.54) is 17.7 Å². The van der Waals surface area contributed by atoms with Gasteiger partial charge in [-0.15, -0.1) is 0 Å². The molecule has 2 aromatic carbocycles. The number of hydrogen-bond acceptors (Lipinski definition) is 10. The lowest BCUT2D eigenvalue weighted by Gasteiger charge is -2.64. The number of piperidine rings is 1. The van der Waals surface area contributed by atoms with Crippen molar-refractivity contribution < 1.29 is 54.6 Å². The Morgan fingerprint density at radius 3 is 2.31 bits per heavy atom. The van der Waals surface area contributed by atoms with E-state index in [1.807, 2.05) is 36.4 Å². The first-order valence-corrected chi connectivity index (χ1v) is 16.3. The second kappa shape index (κ2) is 11.7. The zero-order valence-corrected chi connectivity index (χ0v) is 26.1. The van der Waals surface area contributed by atoms with Gasteiger partial charge in [-0.1, -0.05) is 36.4 Å². The normalized spacial score (nSPS) is 32.2. The number of aliphatic hydroxyl groups excluding tert-OH is 2. The van der Waals surface area contributed by atoms with Crippen LogP contribution in [0.2, 0.25) is 0 Å². The number of carbonyl (C=O) groups is 4. The Morgan fingerprint density at radius 2 is 1.67 bits per heavy atom. The van der Waals surface area contributed by atoms with E-state index in [4.69, 9.17) is 25.2 Å². The Balaban J connectivity index is 0.000000320. The van der Waals surface area contributed by atoms with Crippen molar-refractivity contribution in [2.75, 3.05) is 13.1 Å². The summed E-state index contributed by atoms with van der Waals surface area (Å²) >= 11 is 0. The summed E-state index contributed by atoms with van der Waals surface area (Å²) in [6.45, 7) is 1.85. The highest BCUT2D eigenvalue weighted by molar-refractivity contribution is 6.16. The highest BCUT2D eigenvalue weighted by atomic mass is 16.5. The minimum Gasteiger partial charge on any atom is -0.504 e. The van der Waals surface area contributed by atoms with E-state index in [-0.39, 0.29) is 30.0 Å². The molecule has 48 heavy (non-hydrogen) atoms. The maximum absolute atomic E-state index is 13.7. The fraction of sp³-hybridized carbons (Fsp3) is 0.486. The Morgan fingerprint density at radius 1 is 0.979 bits per heavy atom. The summed E-state index contributed by atoms with van der Waals surface area (Å²) in [5.74, 6) is -2.81. The number of ether oxygens (including phenoxy) is 1. The summed E-state index contributed by atoms with van der Waals surface area (Å²) in [6.07, 6.45) is 1.64. The number of aliphatic hydroxyl groups is 3. The summed E-state index contributed by atoms with van der Waals surface area (Å²) in [6, 6.07) is 12.7. The van der Waals surface area contributed by atoms with E-state index < -0.39 is 47.3 Å². The zero-order valence-electron chi connectivity index (χ0n) is 26.1. The van der Waals surface area contributed by atoms with Crippen molar-refractivity contribution in [1.29, 1.82) is 0 Å². The van der Waals surface area contributed by atoms with Crippen molar-refractivity contribution in [3.05, 3.63) is 64.7 Å². The number of imide groups is 1. The number of phenolic OH excluding ortho intramolecular Hbond substituents is 1. The average Bonchev–Trinajstić information content (AvgIpc) is 3.74. The van der Waals surface area contributed by atoms with Crippen molar-refractivity contribution in [1.82, 2.24) is 9.80 Å². The number of amides is 2. The number of carboxylic acids is 2. The lowest BCUT2D eigenvalue weighted by atomic mass is 9.48. The monoisotopic (exact) mass is 662 g/mol. The second-order valence-corrected chi connectivity index (χ2v) is 13.8. The van der Waals surface area contributed by atoms with Crippen LogP contribution in [0.5, 0.6) is 11.5 Å². The number of carbonyl (C=O) groups excluding carboxylic acids is 2. The molecular weight excluding hydrogens is 624 g/mol. The van der Waals surface area contributed by atoms with Gasteiger partial charge in [-0.2, -0.15) is 0 Å². The van der Waals surface area contributed by atoms with Crippen molar-refractivity contribution in [3.8, 4) is 11.5 Å². The SMILES string of the molecule is O=C(O)C(O)C(O)C(=O)O.O=C1C/C(=C/c2ccccc2)C(=O)N1[C@@H]1CC[C@@]2(O)[C@H]3Cc4ccc(O)c5c4[C@@]2(CCN3CC2CC2)[C@H]1O5. The third kappa shape index (κ3) is 4.90. The Labute approximate surface area is 275 Å². The minimum atomic E-state index is -2.27. The molecule has 3 heterocycles. The molecule has 4 fully saturated rings. The van der Waals surface area contributed by atoms with Crippen LogP contribution in [-0.4, -0.2) is 113 Å². The number of phenols is 1. The first-order valence-electron chi connectivity index (χ1n) is 16.3. The Hall–Kier alpha value is -4.30. The maximum Gasteiger partial charge on any atom is 0.335 e. The molecular formula is C35H38N2O11. The summed E-state index contributed by atoms with van der Waals surface area (Å²) in [4.78, 5) is 50.5. The number of hydrogen-bond donors (Lipinski definition) is 6. The van der Waals surface area contributed by atoms with Gasteiger partial charge in [0.05, 0.1) is 23.5 Å². The second-order valence-electron chi connectivity index (χ2n) is 13.8. The van der Waals surface area contributed by atoms with Gasteiger partial charge in [0.1, 0.15) is 6.10 Å². The quantitative estimate of drug-likeness (QED) is 0.182. The first kappa shape index (κ1) is 32.3. The van der Waals surface area contributed by atoms with Crippen LogP contribution in [0.4, 0.5) is 0 Å². The molecule has 7 atom stereocenters. The number of benzene rings is 2. The van der Waals surface area contributed by atoms with Gasteiger partial charge < -0.3 is 35.4 Å². The molecule has 6 N–H and O–H groups in total. The molecule has 1 spiro atoms. The molecule has 13 heteroatoms. The largest absolute Gasteiger partial charge is 0.504 e. The molecule has 2 saturated heterocycles. The molecule has 2 unspecified atom stereocenters. The topological polar surface area (TPSA) is 205 Å². The molecule has 254 valence electrons. The fourth-order valence-corrected chi connectivity index (χ4v) is 8.78. The minimum absolute atomic E-state index is 0.0367. The highest BCUT2D eigenvalue weighted by Crippen LogP contribution is 2.66. The number of aliphatic carboxylic acids is 2. The molecule has 3 aliphatic heterocycles. The van der Waals surface area contributed by atoms with E-state index in [2.05, 4.69) is 4.90 Å². The van der Waals surface area contributed by atoms with E-state index in [9.17, 15) is 29.4 Å². The molecule has 2 aromatic rings. The van der Waals surface area contributed by atoms with Gasteiger partial charge in [0.25, 0.3) is 5.91 Å². The Bertz CT molecular complexity index is 1690. The Kier molecular flexibility index (Phi) is 7.86. The van der Waals surface area contributed by atoms with E-state index in [1.54, 1.807) is 12.1 Å². The molecule has 2 amide bonds. The van der Waals surface area contributed by atoms with Crippen LogP contribution in [0.25, 0.3) is 6.08 Å². The lowest BCUT2D eigenvalue weighted by molar-refractivity contribution is -0.201. The standard InChI is InChI=1S/C31H32N2O5.C4H6O6/c34-23-9-8-20-15-24-31(37)11-10-22(33-25(35)16-21(29(33)36)14-18-4-2-1-3-5-18)28-30(31,26(20)27(23)38-28)12-13-32(24)17-19-6-7-19;5-1(3(7)8)2(6)4(9)10/h1-5,8-9,14,19,22,24,28,34,37H,6-7,10-13,15-17H2;1-2,5-6H,(H,7,8)(H,9,10)/b21-14-;/t22-,24-,28+,30+,31-;/m1./s1. The molecule has 0 aromatic heterocycles. The van der Waals surface area contributed by atoms with Crippen molar-refractivity contribution in [3.63, 3.8) is 0 Å². The van der Waals surface area contributed by atoms with E-state index >= 15 is 0 Å². The van der Waals surface area contributed by atoms with Crippen LogP contribution in [0.1, 0.15) is 55.2 Å². The van der Waals surface area contributed by atoms with Crippen LogP contribution in [0.15, 0.2) is 48.0 Å². The van der Waals surface area contributed by atoms with Crippen molar-refractivity contribution in [2.45, 2.75) is 86.4 Å². The van der Waals surface area contributed by atoms with Crippen LogP contribution in [-0.2, 0) is 31.0 Å². The lowest BCUT2D eigenvalue weighted by Crippen LogP contribution is -2.78. The molecule has 8 rings (SSSR count). The van der Waals surface area contributed by atoms with Crippen LogP contribution < -0.4 is 4.74 Å². The highest BCUT2D eigenvalue weighted by Gasteiger charge is 2.74. The molecule has 3 aliphatic carbocycles. The van der Waals surface area contributed by atoms with Gasteiger partial charge >= 0.3 is 11.9 Å². The van der Waals surface area contributed by atoms with Crippen molar-refractivity contribution in [2.24, 2.45) is 5.92 Å². The van der Waals surface area contributed by atoms with Crippen LogP contribution >= 0.6 is 0 Å². The van der Waals surface area contributed by atoms with E-state index in [0.29, 0.717) is 36.5 Å². The molecule has 0 radical (unpaired) electrons. The predicted octanol–water partition coefficient (Wildman–Crippen LogP) is 1.04. The third-order valence-electron chi connectivity index (χ3n) is 11.1. The van der Waals surface area contributed by atoms with Gasteiger partial charge in [0.2, 0.25) is 5.91 Å². The number of likely N-dealkylation sites (tertiary alicyclic amines) is 2. The van der Waals surface area contributed by atoms with Gasteiger partial charge in [-0.05, 0) is 74.3 Å².